The monoisotopic (exact) mass is 347 g/mol. The maximum atomic E-state index is 5.93. The third kappa shape index (κ3) is 9.30. The Labute approximate surface area is 157 Å². The maximum Gasteiger partial charge on any atom is 0.119 e. The molecule has 0 N–H and O–H groups in total. The van der Waals surface area contributed by atoms with Gasteiger partial charge in [-0.05, 0) is 55.0 Å². The molecule has 0 spiro atoms. The van der Waals surface area contributed by atoms with Crippen LogP contribution in [0.2, 0.25) is 0 Å². The van der Waals surface area contributed by atoms with Gasteiger partial charge in [-0.2, -0.15) is 0 Å². The first-order valence-corrected chi connectivity index (χ1v) is 10.1. The van der Waals surface area contributed by atoms with Crippen molar-refractivity contribution in [1.29, 1.82) is 0 Å². The third-order valence-electron chi connectivity index (χ3n) is 4.74. The molecule has 1 aromatic carbocycles. The van der Waals surface area contributed by atoms with Crippen molar-refractivity contribution < 1.29 is 4.74 Å². The van der Waals surface area contributed by atoms with Gasteiger partial charge in [-0.15, -0.1) is 0 Å². The zero-order chi connectivity index (χ0) is 18.9. The number of hydrogen-bond donors (Lipinski definition) is 0. The summed E-state index contributed by atoms with van der Waals surface area (Å²) < 4.78 is 5.93. The van der Waals surface area contributed by atoms with Gasteiger partial charge in [-0.25, -0.2) is 0 Å². The fraction of sp³-hybridized carbons (Fsp3) is 0.739. The SMILES string of the molecule is CCCCCCN(C)CCOc1ccc(C(C)(C)CC(C)(C)C)cc1. The minimum atomic E-state index is 0.190. The van der Waals surface area contributed by atoms with Crippen molar-refractivity contribution in [1.82, 2.24) is 4.90 Å². The van der Waals surface area contributed by atoms with Crippen molar-refractivity contribution >= 4 is 0 Å². The van der Waals surface area contributed by atoms with E-state index in [4.69, 9.17) is 4.74 Å². The smallest absolute Gasteiger partial charge is 0.119 e. The van der Waals surface area contributed by atoms with E-state index in [0.29, 0.717) is 5.41 Å². The average molecular weight is 348 g/mol. The Morgan fingerprint density at radius 1 is 0.880 bits per heavy atom. The summed E-state index contributed by atoms with van der Waals surface area (Å²) in [5.74, 6) is 0.981. The Morgan fingerprint density at radius 2 is 1.52 bits per heavy atom. The minimum Gasteiger partial charge on any atom is -0.492 e. The van der Waals surface area contributed by atoms with E-state index in [-0.39, 0.29) is 5.41 Å². The third-order valence-corrected chi connectivity index (χ3v) is 4.74. The van der Waals surface area contributed by atoms with Crippen LogP contribution in [0.5, 0.6) is 5.75 Å². The number of nitrogens with zero attached hydrogens (tertiary/aromatic N) is 1. The zero-order valence-electron chi connectivity index (χ0n) is 17.8. The highest BCUT2D eigenvalue weighted by molar-refractivity contribution is 5.31. The van der Waals surface area contributed by atoms with Gasteiger partial charge in [0.15, 0.2) is 0 Å². The Hall–Kier alpha value is -1.02. The van der Waals surface area contributed by atoms with E-state index in [1.807, 2.05) is 0 Å². The van der Waals surface area contributed by atoms with Gasteiger partial charge in [0, 0.05) is 6.54 Å². The molecule has 1 aromatic rings. The first kappa shape index (κ1) is 22.0. The van der Waals surface area contributed by atoms with E-state index in [0.717, 1.165) is 18.9 Å². The lowest BCUT2D eigenvalue weighted by Gasteiger charge is -2.33. The van der Waals surface area contributed by atoms with Gasteiger partial charge in [-0.3, -0.25) is 0 Å². The Morgan fingerprint density at radius 3 is 2.08 bits per heavy atom. The number of ether oxygens (including phenoxy) is 1. The van der Waals surface area contributed by atoms with Crippen molar-refractivity contribution in [3.05, 3.63) is 29.8 Å². The number of hydrogen-bond acceptors (Lipinski definition) is 2. The summed E-state index contributed by atoms with van der Waals surface area (Å²) in [5, 5.41) is 0. The van der Waals surface area contributed by atoms with Gasteiger partial charge in [0.1, 0.15) is 12.4 Å². The molecular weight excluding hydrogens is 306 g/mol. The van der Waals surface area contributed by atoms with E-state index in [2.05, 4.69) is 77.8 Å². The minimum absolute atomic E-state index is 0.190. The molecule has 0 bridgehead atoms. The maximum absolute atomic E-state index is 5.93. The van der Waals surface area contributed by atoms with E-state index < -0.39 is 0 Å². The molecule has 2 heteroatoms. The van der Waals surface area contributed by atoms with Crippen LogP contribution in [0.15, 0.2) is 24.3 Å². The molecule has 0 atom stereocenters. The Balaban J connectivity index is 2.39. The molecule has 25 heavy (non-hydrogen) atoms. The van der Waals surface area contributed by atoms with Crippen LogP contribution in [0.3, 0.4) is 0 Å². The van der Waals surface area contributed by atoms with Crippen molar-refractivity contribution in [3.8, 4) is 5.75 Å². The number of benzene rings is 1. The Kier molecular flexibility index (Phi) is 8.99. The molecular formula is C23H41NO. The van der Waals surface area contributed by atoms with Crippen molar-refractivity contribution in [2.24, 2.45) is 5.41 Å². The lowest BCUT2D eigenvalue weighted by molar-refractivity contribution is 0.234. The summed E-state index contributed by atoms with van der Waals surface area (Å²) in [4.78, 5) is 2.37. The van der Waals surface area contributed by atoms with Gasteiger partial charge < -0.3 is 9.64 Å². The molecule has 0 aliphatic rings. The molecule has 0 unspecified atom stereocenters. The number of rotatable bonds is 11. The quantitative estimate of drug-likeness (QED) is 0.436. The first-order valence-electron chi connectivity index (χ1n) is 10.1. The molecule has 0 amide bonds. The predicted octanol–water partition coefficient (Wildman–Crippen LogP) is 6.29. The zero-order valence-corrected chi connectivity index (χ0v) is 17.8. The van der Waals surface area contributed by atoms with Gasteiger partial charge in [0.25, 0.3) is 0 Å². The van der Waals surface area contributed by atoms with E-state index in [1.54, 1.807) is 0 Å². The second kappa shape index (κ2) is 10.2. The molecule has 0 radical (unpaired) electrons. The summed E-state index contributed by atoms with van der Waals surface area (Å²) in [6, 6.07) is 8.72. The highest BCUT2D eigenvalue weighted by Crippen LogP contribution is 2.36. The second-order valence-electron chi connectivity index (χ2n) is 9.36. The van der Waals surface area contributed by atoms with Gasteiger partial charge >= 0.3 is 0 Å². The Bertz CT molecular complexity index is 470. The van der Waals surface area contributed by atoms with Crippen LogP contribution in [-0.2, 0) is 5.41 Å². The van der Waals surface area contributed by atoms with E-state index in [9.17, 15) is 0 Å². The van der Waals surface area contributed by atoms with Crippen LogP contribution in [0, 0.1) is 5.41 Å². The summed E-state index contributed by atoms with van der Waals surface area (Å²) in [6.07, 6.45) is 6.45. The normalized spacial score (nSPS) is 12.6. The average Bonchev–Trinajstić information content (AvgIpc) is 2.50. The molecule has 0 aliphatic heterocycles. The highest BCUT2D eigenvalue weighted by Gasteiger charge is 2.27. The summed E-state index contributed by atoms with van der Waals surface area (Å²) >= 11 is 0. The lowest BCUT2D eigenvalue weighted by atomic mass is 9.72. The van der Waals surface area contributed by atoms with Crippen molar-refractivity contribution in [3.63, 3.8) is 0 Å². The molecule has 0 aliphatic carbocycles. The summed E-state index contributed by atoms with van der Waals surface area (Å²) in [5.41, 5.74) is 1.92. The fourth-order valence-corrected chi connectivity index (χ4v) is 3.67. The predicted molar refractivity (Wildman–Crippen MR) is 111 cm³/mol. The molecule has 0 aromatic heterocycles. The van der Waals surface area contributed by atoms with Crippen LogP contribution in [0.25, 0.3) is 0 Å². The van der Waals surface area contributed by atoms with Crippen LogP contribution in [0.1, 0.15) is 79.2 Å². The first-order chi connectivity index (χ1) is 11.6. The largest absolute Gasteiger partial charge is 0.492 e. The van der Waals surface area contributed by atoms with Gasteiger partial charge in [-0.1, -0.05) is 72.9 Å². The standard InChI is InChI=1S/C23H41NO/c1-8-9-10-11-16-24(7)17-18-25-21-14-12-20(13-15-21)23(5,6)19-22(2,3)4/h12-15H,8-11,16-19H2,1-7H3. The van der Waals surface area contributed by atoms with Crippen molar-refractivity contribution in [2.75, 3.05) is 26.7 Å². The molecule has 1 rings (SSSR count). The number of likely N-dealkylation sites (N-methyl/N-ethyl adjacent to an activating group) is 1. The summed E-state index contributed by atoms with van der Waals surface area (Å²) in [6.45, 7) is 16.8. The second-order valence-corrected chi connectivity index (χ2v) is 9.36. The fourth-order valence-electron chi connectivity index (χ4n) is 3.67. The van der Waals surface area contributed by atoms with Crippen molar-refractivity contribution in [2.45, 2.75) is 79.1 Å². The van der Waals surface area contributed by atoms with Gasteiger partial charge in [0.05, 0.1) is 0 Å². The molecule has 2 nitrogen and oxygen atoms in total. The summed E-state index contributed by atoms with van der Waals surface area (Å²) in [7, 11) is 2.19. The number of unbranched alkanes of at least 4 members (excludes halogenated alkanes) is 3. The lowest BCUT2D eigenvalue weighted by Crippen LogP contribution is -2.25. The van der Waals surface area contributed by atoms with Gasteiger partial charge in [0.2, 0.25) is 0 Å². The van der Waals surface area contributed by atoms with Crippen LogP contribution in [-0.4, -0.2) is 31.6 Å². The van der Waals surface area contributed by atoms with E-state index in [1.165, 1.54) is 44.2 Å². The topological polar surface area (TPSA) is 12.5 Å². The highest BCUT2D eigenvalue weighted by atomic mass is 16.5. The molecule has 0 fully saturated rings. The van der Waals surface area contributed by atoms with Crippen LogP contribution in [0.4, 0.5) is 0 Å². The molecule has 144 valence electrons. The molecule has 0 saturated carbocycles. The molecule has 0 saturated heterocycles. The van der Waals surface area contributed by atoms with Crippen LogP contribution < -0.4 is 4.74 Å². The van der Waals surface area contributed by atoms with Crippen LogP contribution >= 0.6 is 0 Å². The van der Waals surface area contributed by atoms with E-state index >= 15 is 0 Å². The molecule has 0 heterocycles.